The van der Waals surface area contributed by atoms with E-state index in [9.17, 15) is 9.59 Å². The average molecular weight is 384 g/mol. The molecule has 3 aromatic rings. The highest BCUT2D eigenvalue weighted by Crippen LogP contribution is 2.21. The van der Waals surface area contributed by atoms with Crippen LogP contribution in [0.2, 0.25) is 0 Å². The van der Waals surface area contributed by atoms with Crippen molar-refractivity contribution >= 4 is 11.8 Å². The monoisotopic (exact) mass is 384 g/mol. The molecule has 0 bridgehead atoms. The molecule has 4 rings (SSSR count). The van der Waals surface area contributed by atoms with E-state index in [0.717, 1.165) is 16.7 Å². The van der Waals surface area contributed by atoms with Crippen LogP contribution in [-0.2, 0) is 11.3 Å². The zero-order chi connectivity index (χ0) is 20.1. The number of nitrogens with one attached hydrogen (secondary N) is 1. The molecule has 29 heavy (non-hydrogen) atoms. The second-order valence-corrected chi connectivity index (χ2v) is 7.49. The largest absolute Gasteiger partial charge is 0.352 e. The molecule has 1 saturated heterocycles. The van der Waals surface area contributed by atoms with E-state index in [-0.39, 0.29) is 17.7 Å². The second kappa shape index (κ2) is 8.74. The van der Waals surface area contributed by atoms with Gasteiger partial charge in [-0.05, 0) is 28.8 Å². The van der Waals surface area contributed by atoms with E-state index in [1.807, 2.05) is 89.8 Å². The van der Waals surface area contributed by atoms with Crippen molar-refractivity contribution in [2.24, 2.45) is 5.92 Å². The normalized spacial score (nSPS) is 16.1. The van der Waals surface area contributed by atoms with E-state index >= 15 is 0 Å². The van der Waals surface area contributed by atoms with E-state index in [4.69, 9.17) is 0 Å². The van der Waals surface area contributed by atoms with Gasteiger partial charge in [0.15, 0.2) is 0 Å². The van der Waals surface area contributed by atoms with Gasteiger partial charge in [-0.15, -0.1) is 0 Å². The summed E-state index contributed by atoms with van der Waals surface area (Å²) in [5.74, 6) is 0.198. The molecule has 1 unspecified atom stereocenters. The van der Waals surface area contributed by atoms with E-state index in [1.165, 1.54) is 0 Å². The number of benzene rings is 3. The van der Waals surface area contributed by atoms with E-state index in [1.54, 1.807) is 0 Å². The molecule has 0 aromatic heterocycles. The van der Waals surface area contributed by atoms with Gasteiger partial charge < -0.3 is 10.2 Å². The second-order valence-electron chi connectivity index (χ2n) is 7.49. The van der Waals surface area contributed by atoms with Crippen LogP contribution in [0.3, 0.4) is 0 Å². The number of nitrogens with zero attached hydrogens (tertiary/aromatic N) is 1. The van der Waals surface area contributed by atoms with E-state index < -0.39 is 0 Å². The molecule has 1 aliphatic heterocycles. The molecule has 1 atom stereocenters. The van der Waals surface area contributed by atoms with Crippen LogP contribution in [-0.4, -0.2) is 29.8 Å². The van der Waals surface area contributed by atoms with Gasteiger partial charge >= 0.3 is 0 Å². The maximum atomic E-state index is 12.6. The van der Waals surface area contributed by atoms with Crippen LogP contribution in [0, 0.1) is 5.92 Å². The Labute approximate surface area is 171 Å². The highest BCUT2D eigenvalue weighted by Gasteiger charge is 2.29. The van der Waals surface area contributed by atoms with Gasteiger partial charge in [0.25, 0.3) is 5.91 Å². The molecule has 1 N–H and O–H groups in total. The Morgan fingerprint density at radius 3 is 2.34 bits per heavy atom. The third-order valence-corrected chi connectivity index (χ3v) is 5.29. The van der Waals surface area contributed by atoms with Crippen LogP contribution in [0.4, 0.5) is 0 Å². The van der Waals surface area contributed by atoms with Crippen molar-refractivity contribution in [2.75, 3.05) is 13.1 Å². The van der Waals surface area contributed by atoms with Crippen molar-refractivity contribution in [3.63, 3.8) is 0 Å². The SMILES string of the molecule is O=C(NCC1CC(=O)N(Cc2ccccc2)C1)c1cccc(-c2ccccc2)c1. The molecule has 0 radical (unpaired) electrons. The predicted octanol–water partition coefficient (Wildman–Crippen LogP) is 4.13. The quantitative estimate of drug-likeness (QED) is 0.695. The van der Waals surface area contributed by atoms with Crippen LogP contribution in [0.15, 0.2) is 84.9 Å². The fourth-order valence-corrected chi connectivity index (χ4v) is 3.76. The first-order valence-corrected chi connectivity index (χ1v) is 9.94. The fraction of sp³-hybridized carbons (Fsp3) is 0.200. The summed E-state index contributed by atoms with van der Waals surface area (Å²) in [6.07, 6.45) is 0.483. The van der Waals surface area contributed by atoms with Crippen LogP contribution in [0.25, 0.3) is 11.1 Å². The third-order valence-electron chi connectivity index (χ3n) is 5.29. The first-order valence-electron chi connectivity index (χ1n) is 9.94. The number of carbonyl (C=O) groups excluding carboxylic acids is 2. The molecule has 1 heterocycles. The minimum Gasteiger partial charge on any atom is -0.352 e. The zero-order valence-corrected chi connectivity index (χ0v) is 16.3. The van der Waals surface area contributed by atoms with Crippen molar-refractivity contribution in [1.82, 2.24) is 10.2 Å². The number of hydrogen-bond donors (Lipinski definition) is 1. The Bertz CT molecular complexity index is 986. The summed E-state index contributed by atoms with van der Waals surface area (Å²) in [6, 6.07) is 27.6. The predicted molar refractivity (Wildman–Crippen MR) is 114 cm³/mol. The molecule has 4 nitrogen and oxygen atoms in total. The lowest BCUT2D eigenvalue weighted by Crippen LogP contribution is -2.31. The minimum absolute atomic E-state index is 0.100. The summed E-state index contributed by atoms with van der Waals surface area (Å²) < 4.78 is 0. The Balaban J connectivity index is 1.34. The molecule has 0 aliphatic carbocycles. The molecular formula is C25H24N2O2. The summed E-state index contributed by atoms with van der Waals surface area (Å²) in [6.45, 7) is 1.81. The zero-order valence-electron chi connectivity index (χ0n) is 16.3. The van der Waals surface area contributed by atoms with Crippen molar-refractivity contribution < 1.29 is 9.59 Å². The molecule has 146 valence electrons. The van der Waals surface area contributed by atoms with Gasteiger partial charge in [-0.3, -0.25) is 9.59 Å². The molecule has 4 heteroatoms. The maximum Gasteiger partial charge on any atom is 0.251 e. The van der Waals surface area contributed by atoms with Crippen molar-refractivity contribution in [3.8, 4) is 11.1 Å². The Hall–Kier alpha value is -3.40. The third kappa shape index (κ3) is 4.72. The average Bonchev–Trinajstić information content (AvgIpc) is 3.12. The molecule has 1 fully saturated rings. The molecule has 0 saturated carbocycles. The summed E-state index contributed by atoms with van der Waals surface area (Å²) in [7, 11) is 0. The Morgan fingerprint density at radius 1 is 0.897 bits per heavy atom. The van der Waals surface area contributed by atoms with Crippen molar-refractivity contribution in [3.05, 3.63) is 96.1 Å². The molecule has 2 amide bonds. The number of carbonyl (C=O) groups is 2. The van der Waals surface area contributed by atoms with Gasteiger partial charge in [-0.2, -0.15) is 0 Å². The maximum absolute atomic E-state index is 12.6. The fourth-order valence-electron chi connectivity index (χ4n) is 3.76. The topological polar surface area (TPSA) is 49.4 Å². The summed E-state index contributed by atoms with van der Waals surface area (Å²) >= 11 is 0. The van der Waals surface area contributed by atoms with E-state index in [0.29, 0.717) is 31.6 Å². The lowest BCUT2D eigenvalue weighted by Gasteiger charge is -2.17. The summed E-state index contributed by atoms with van der Waals surface area (Å²) in [5, 5.41) is 3.01. The van der Waals surface area contributed by atoms with Crippen LogP contribution < -0.4 is 5.32 Å². The highest BCUT2D eigenvalue weighted by molar-refractivity contribution is 5.95. The first kappa shape index (κ1) is 18.9. The number of likely N-dealkylation sites (tertiary alicyclic amines) is 1. The standard InChI is InChI=1S/C25H24N2O2/c28-24-14-20(18-27(24)17-19-8-3-1-4-9-19)16-26-25(29)23-13-7-12-22(15-23)21-10-5-2-6-11-21/h1-13,15,20H,14,16-18H2,(H,26,29). The first-order chi connectivity index (χ1) is 14.2. The number of hydrogen-bond acceptors (Lipinski definition) is 2. The van der Waals surface area contributed by atoms with Crippen molar-refractivity contribution in [1.29, 1.82) is 0 Å². The molecule has 1 aliphatic rings. The summed E-state index contributed by atoms with van der Waals surface area (Å²) in [5.41, 5.74) is 3.86. The summed E-state index contributed by atoms with van der Waals surface area (Å²) in [4.78, 5) is 26.8. The van der Waals surface area contributed by atoms with Gasteiger partial charge in [0, 0.05) is 37.5 Å². The number of rotatable bonds is 6. The smallest absolute Gasteiger partial charge is 0.251 e. The van der Waals surface area contributed by atoms with E-state index in [2.05, 4.69) is 5.32 Å². The number of amides is 2. The molecular weight excluding hydrogens is 360 g/mol. The van der Waals surface area contributed by atoms with Gasteiger partial charge in [0.05, 0.1) is 0 Å². The van der Waals surface area contributed by atoms with Crippen LogP contribution in [0.5, 0.6) is 0 Å². The molecule has 0 spiro atoms. The minimum atomic E-state index is -0.100. The Morgan fingerprint density at radius 2 is 1.59 bits per heavy atom. The Kier molecular flexibility index (Phi) is 5.71. The van der Waals surface area contributed by atoms with Gasteiger partial charge in [-0.25, -0.2) is 0 Å². The van der Waals surface area contributed by atoms with Crippen LogP contribution >= 0.6 is 0 Å². The van der Waals surface area contributed by atoms with Crippen LogP contribution in [0.1, 0.15) is 22.3 Å². The lowest BCUT2D eigenvalue weighted by molar-refractivity contribution is -0.128. The molecule has 3 aromatic carbocycles. The van der Waals surface area contributed by atoms with Gasteiger partial charge in [-0.1, -0.05) is 72.8 Å². The highest BCUT2D eigenvalue weighted by atomic mass is 16.2. The van der Waals surface area contributed by atoms with Crippen molar-refractivity contribution in [2.45, 2.75) is 13.0 Å². The van der Waals surface area contributed by atoms with Gasteiger partial charge in [0.1, 0.15) is 0 Å². The van der Waals surface area contributed by atoms with Gasteiger partial charge in [0.2, 0.25) is 5.91 Å². The lowest BCUT2D eigenvalue weighted by atomic mass is 10.0.